The number of benzene rings is 1. The molecule has 0 saturated heterocycles. The zero-order valence-corrected chi connectivity index (χ0v) is 13.3. The standard InChI is InChI=1S/C16H16FNOS2/c1-11(21-15-5-3-2-4-13(15)17)16(19)18-8-6-14-12(10-18)7-9-20-14/h2-5,7,9,11H,6,8,10H2,1H3. The maximum Gasteiger partial charge on any atom is 0.236 e. The Bertz CT molecular complexity index is 655. The summed E-state index contributed by atoms with van der Waals surface area (Å²) >= 11 is 3.05. The van der Waals surface area contributed by atoms with Crippen LogP contribution in [0, 0.1) is 5.82 Å². The Labute approximate surface area is 132 Å². The van der Waals surface area contributed by atoms with E-state index in [2.05, 4.69) is 11.4 Å². The van der Waals surface area contributed by atoms with E-state index in [1.165, 1.54) is 28.3 Å². The summed E-state index contributed by atoms with van der Waals surface area (Å²) in [5.74, 6) is -0.180. The van der Waals surface area contributed by atoms with Crippen LogP contribution in [-0.4, -0.2) is 22.6 Å². The molecule has 0 saturated carbocycles. The van der Waals surface area contributed by atoms with E-state index < -0.39 is 0 Å². The summed E-state index contributed by atoms with van der Waals surface area (Å²) in [6.07, 6.45) is 0.926. The van der Waals surface area contributed by atoms with Crippen LogP contribution in [0.25, 0.3) is 0 Å². The van der Waals surface area contributed by atoms with Crippen LogP contribution in [0.1, 0.15) is 17.4 Å². The summed E-state index contributed by atoms with van der Waals surface area (Å²) in [6.45, 7) is 3.29. The molecule has 2 heterocycles. The molecule has 1 aliphatic rings. The lowest BCUT2D eigenvalue weighted by atomic mass is 10.1. The van der Waals surface area contributed by atoms with E-state index in [9.17, 15) is 9.18 Å². The lowest BCUT2D eigenvalue weighted by Gasteiger charge is -2.29. The zero-order valence-electron chi connectivity index (χ0n) is 11.7. The molecule has 1 unspecified atom stereocenters. The fraction of sp³-hybridized carbons (Fsp3) is 0.312. The van der Waals surface area contributed by atoms with Crippen molar-refractivity contribution >= 4 is 29.0 Å². The zero-order chi connectivity index (χ0) is 14.8. The first-order valence-electron chi connectivity index (χ1n) is 6.90. The van der Waals surface area contributed by atoms with Gasteiger partial charge in [-0.25, -0.2) is 4.39 Å². The van der Waals surface area contributed by atoms with E-state index >= 15 is 0 Å². The number of fused-ring (bicyclic) bond motifs is 1. The van der Waals surface area contributed by atoms with Crippen LogP contribution >= 0.6 is 23.1 Å². The lowest BCUT2D eigenvalue weighted by molar-refractivity contribution is -0.131. The summed E-state index contributed by atoms with van der Waals surface area (Å²) in [4.78, 5) is 16.3. The van der Waals surface area contributed by atoms with Gasteiger partial charge < -0.3 is 4.90 Å². The van der Waals surface area contributed by atoms with Gasteiger partial charge in [0.05, 0.1) is 5.25 Å². The van der Waals surface area contributed by atoms with Crippen molar-refractivity contribution in [3.05, 3.63) is 52.0 Å². The number of halogens is 1. The number of carbonyl (C=O) groups excluding carboxylic acids is 1. The van der Waals surface area contributed by atoms with Crippen LogP contribution in [0.4, 0.5) is 4.39 Å². The molecule has 2 nitrogen and oxygen atoms in total. The Balaban J connectivity index is 1.67. The maximum atomic E-state index is 13.7. The van der Waals surface area contributed by atoms with Crippen LogP contribution < -0.4 is 0 Å². The van der Waals surface area contributed by atoms with E-state index in [0.29, 0.717) is 11.4 Å². The highest BCUT2D eigenvalue weighted by Gasteiger charge is 2.26. The molecular formula is C16H16FNOS2. The van der Waals surface area contributed by atoms with Gasteiger partial charge in [0.1, 0.15) is 5.82 Å². The van der Waals surface area contributed by atoms with Crippen molar-refractivity contribution in [3.63, 3.8) is 0 Å². The molecule has 1 aromatic carbocycles. The number of rotatable bonds is 3. The molecule has 1 aromatic heterocycles. The Kier molecular flexibility index (Phi) is 4.31. The molecule has 21 heavy (non-hydrogen) atoms. The third-order valence-electron chi connectivity index (χ3n) is 3.61. The average molecular weight is 321 g/mol. The summed E-state index contributed by atoms with van der Waals surface area (Å²) < 4.78 is 13.7. The van der Waals surface area contributed by atoms with Crippen LogP contribution in [0.5, 0.6) is 0 Å². The molecule has 0 spiro atoms. The molecule has 3 rings (SSSR count). The molecule has 5 heteroatoms. The van der Waals surface area contributed by atoms with Gasteiger partial charge in [0.15, 0.2) is 0 Å². The topological polar surface area (TPSA) is 20.3 Å². The quantitative estimate of drug-likeness (QED) is 0.798. The van der Waals surface area contributed by atoms with Crippen LogP contribution in [-0.2, 0) is 17.8 Å². The molecule has 0 aliphatic carbocycles. The minimum Gasteiger partial charge on any atom is -0.337 e. The number of thiophene rings is 1. The highest BCUT2D eigenvalue weighted by Crippen LogP contribution is 2.29. The van der Waals surface area contributed by atoms with Crippen molar-refractivity contribution in [2.24, 2.45) is 0 Å². The van der Waals surface area contributed by atoms with Gasteiger partial charge in [-0.05, 0) is 42.5 Å². The van der Waals surface area contributed by atoms with E-state index in [0.717, 1.165) is 13.0 Å². The number of hydrogen-bond acceptors (Lipinski definition) is 3. The number of carbonyl (C=O) groups is 1. The van der Waals surface area contributed by atoms with E-state index in [1.807, 2.05) is 11.8 Å². The van der Waals surface area contributed by atoms with Gasteiger partial charge in [-0.2, -0.15) is 0 Å². The summed E-state index contributed by atoms with van der Waals surface area (Å²) in [6, 6.07) is 8.69. The predicted molar refractivity (Wildman–Crippen MR) is 85.2 cm³/mol. The third-order valence-corrected chi connectivity index (χ3v) is 5.77. The van der Waals surface area contributed by atoms with Crippen molar-refractivity contribution < 1.29 is 9.18 Å². The highest BCUT2D eigenvalue weighted by atomic mass is 32.2. The Morgan fingerprint density at radius 2 is 2.19 bits per heavy atom. The highest BCUT2D eigenvalue weighted by molar-refractivity contribution is 8.00. The Morgan fingerprint density at radius 3 is 3.00 bits per heavy atom. The second-order valence-corrected chi connectivity index (χ2v) is 7.45. The van der Waals surface area contributed by atoms with Crippen molar-refractivity contribution in [3.8, 4) is 0 Å². The number of amides is 1. The first-order valence-corrected chi connectivity index (χ1v) is 8.66. The summed E-state index contributed by atoms with van der Waals surface area (Å²) in [5, 5.41) is 1.80. The summed E-state index contributed by atoms with van der Waals surface area (Å²) in [5.41, 5.74) is 1.25. The first-order chi connectivity index (χ1) is 10.1. The lowest BCUT2D eigenvalue weighted by Crippen LogP contribution is -2.39. The van der Waals surface area contributed by atoms with Crippen molar-refractivity contribution in [1.29, 1.82) is 0 Å². The fourth-order valence-corrected chi connectivity index (χ4v) is 4.33. The minimum atomic E-state index is -0.276. The second-order valence-electron chi connectivity index (χ2n) is 5.07. The van der Waals surface area contributed by atoms with Crippen molar-refractivity contribution in [2.75, 3.05) is 6.54 Å². The largest absolute Gasteiger partial charge is 0.337 e. The van der Waals surface area contributed by atoms with Gasteiger partial charge in [0, 0.05) is 22.9 Å². The van der Waals surface area contributed by atoms with Gasteiger partial charge in [-0.15, -0.1) is 23.1 Å². The van der Waals surface area contributed by atoms with Crippen LogP contribution in [0.3, 0.4) is 0 Å². The molecule has 0 radical (unpaired) electrons. The molecular weight excluding hydrogens is 305 g/mol. The molecule has 2 aromatic rings. The smallest absolute Gasteiger partial charge is 0.236 e. The monoisotopic (exact) mass is 321 g/mol. The fourth-order valence-electron chi connectivity index (χ4n) is 2.47. The molecule has 0 N–H and O–H groups in total. The number of thioether (sulfide) groups is 1. The second kappa shape index (κ2) is 6.20. The molecule has 0 fully saturated rings. The van der Waals surface area contributed by atoms with Gasteiger partial charge in [0.25, 0.3) is 0 Å². The van der Waals surface area contributed by atoms with Gasteiger partial charge in [0.2, 0.25) is 5.91 Å². The van der Waals surface area contributed by atoms with E-state index in [-0.39, 0.29) is 17.0 Å². The van der Waals surface area contributed by atoms with E-state index in [4.69, 9.17) is 0 Å². The van der Waals surface area contributed by atoms with Gasteiger partial charge in [-0.3, -0.25) is 4.79 Å². The van der Waals surface area contributed by atoms with Crippen LogP contribution in [0.2, 0.25) is 0 Å². The van der Waals surface area contributed by atoms with Gasteiger partial charge >= 0.3 is 0 Å². The number of nitrogens with zero attached hydrogens (tertiary/aromatic N) is 1. The van der Waals surface area contributed by atoms with Crippen molar-refractivity contribution in [1.82, 2.24) is 4.90 Å². The first kappa shape index (κ1) is 14.6. The van der Waals surface area contributed by atoms with Crippen molar-refractivity contribution in [2.45, 2.75) is 30.0 Å². The minimum absolute atomic E-state index is 0.0834. The average Bonchev–Trinajstić information content (AvgIpc) is 2.96. The molecule has 110 valence electrons. The number of hydrogen-bond donors (Lipinski definition) is 0. The van der Waals surface area contributed by atoms with Crippen LogP contribution in [0.15, 0.2) is 40.6 Å². The SMILES string of the molecule is CC(Sc1ccccc1F)C(=O)N1CCc2sccc2C1. The van der Waals surface area contributed by atoms with E-state index in [1.54, 1.807) is 29.5 Å². The normalized spacial score (nSPS) is 15.6. The Hall–Kier alpha value is -1.33. The Morgan fingerprint density at radius 1 is 1.38 bits per heavy atom. The summed E-state index contributed by atoms with van der Waals surface area (Å²) in [7, 11) is 0. The molecule has 1 atom stereocenters. The molecule has 1 aliphatic heterocycles. The molecule has 0 bridgehead atoms. The maximum absolute atomic E-state index is 13.7. The van der Waals surface area contributed by atoms with Gasteiger partial charge in [-0.1, -0.05) is 12.1 Å². The predicted octanol–water partition coefficient (Wildman–Crippen LogP) is 3.95. The third kappa shape index (κ3) is 3.14. The molecule has 1 amide bonds.